The Labute approximate surface area is 161 Å². The van der Waals surface area contributed by atoms with Gasteiger partial charge in [-0.25, -0.2) is 5.43 Å². The molecular formula is C18H22BrN7. The lowest BCUT2D eigenvalue weighted by Crippen LogP contribution is -2.25. The van der Waals surface area contributed by atoms with Crippen molar-refractivity contribution in [1.82, 2.24) is 15.0 Å². The van der Waals surface area contributed by atoms with Crippen LogP contribution in [0.25, 0.3) is 0 Å². The molecule has 2 aliphatic rings. The van der Waals surface area contributed by atoms with E-state index in [0.29, 0.717) is 5.95 Å². The molecule has 2 fully saturated rings. The summed E-state index contributed by atoms with van der Waals surface area (Å²) >= 11 is 3.43. The van der Waals surface area contributed by atoms with Crippen LogP contribution in [0.1, 0.15) is 31.2 Å². The number of nitrogens with one attached hydrogen (secondary N) is 1. The molecule has 0 unspecified atom stereocenters. The standard InChI is InChI=1S/C18H22BrN7/c19-15-7-5-14(6-8-15)13-20-24-16-21-17(25-9-1-2-10-25)23-18(22-16)26-11-3-4-12-26/h5-8,13H,1-4,9-12H2,(H,21,22,23,24)/b20-13+. The summed E-state index contributed by atoms with van der Waals surface area (Å²) in [5.41, 5.74) is 3.99. The number of nitrogens with zero attached hydrogens (tertiary/aromatic N) is 6. The highest BCUT2D eigenvalue weighted by atomic mass is 79.9. The van der Waals surface area contributed by atoms with Gasteiger partial charge in [-0.1, -0.05) is 28.1 Å². The van der Waals surface area contributed by atoms with Gasteiger partial charge < -0.3 is 9.80 Å². The van der Waals surface area contributed by atoms with E-state index >= 15 is 0 Å². The van der Waals surface area contributed by atoms with Gasteiger partial charge in [0, 0.05) is 30.7 Å². The van der Waals surface area contributed by atoms with Gasteiger partial charge in [0.25, 0.3) is 0 Å². The van der Waals surface area contributed by atoms with Gasteiger partial charge >= 0.3 is 0 Å². The monoisotopic (exact) mass is 415 g/mol. The zero-order chi connectivity index (χ0) is 17.8. The van der Waals surface area contributed by atoms with Crippen LogP contribution >= 0.6 is 15.9 Å². The number of hydrazone groups is 1. The van der Waals surface area contributed by atoms with E-state index in [1.165, 1.54) is 25.7 Å². The van der Waals surface area contributed by atoms with Crippen molar-refractivity contribution in [2.45, 2.75) is 25.7 Å². The Morgan fingerprint density at radius 3 is 1.92 bits per heavy atom. The summed E-state index contributed by atoms with van der Waals surface area (Å²) in [7, 11) is 0. The second-order valence-corrected chi connectivity index (χ2v) is 7.48. The van der Waals surface area contributed by atoms with Crippen molar-refractivity contribution < 1.29 is 0 Å². The quantitative estimate of drug-likeness (QED) is 0.596. The van der Waals surface area contributed by atoms with Gasteiger partial charge in [0.1, 0.15) is 0 Å². The molecule has 7 nitrogen and oxygen atoms in total. The van der Waals surface area contributed by atoms with Gasteiger partial charge in [-0.2, -0.15) is 20.1 Å². The molecule has 0 bridgehead atoms. The van der Waals surface area contributed by atoms with Crippen LogP contribution in [0.2, 0.25) is 0 Å². The summed E-state index contributed by atoms with van der Waals surface area (Å²) in [5, 5.41) is 4.30. The van der Waals surface area contributed by atoms with Crippen molar-refractivity contribution in [2.75, 3.05) is 41.4 Å². The zero-order valence-corrected chi connectivity index (χ0v) is 16.2. The zero-order valence-electron chi connectivity index (χ0n) is 14.6. The minimum absolute atomic E-state index is 0.497. The molecule has 1 aromatic heterocycles. The summed E-state index contributed by atoms with van der Waals surface area (Å²) in [4.78, 5) is 18.3. The van der Waals surface area contributed by atoms with E-state index in [4.69, 9.17) is 4.98 Å². The largest absolute Gasteiger partial charge is 0.341 e. The predicted molar refractivity (Wildman–Crippen MR) is 108 cm³/mol. The molecule has 0 spiro atoms. The van der Waals surface area contributed by atoms with Gasteiger partial charge in [-0.05, 0) is 43.4 Å². The van der Waals surface area contributed by atoms with E-state index in [9.17, 15) is 0 Å². The lowest BCUT2D eigenvalue weighted by Gasteiger charge is -2.20. The Bertz CT molecular complexity index is 731. The number of aromatic nitrogens is 3. The molecule has 136 valence electrons. The fraction of sp³-hybridized carbons (Fsp3) is 0.444. The van der Waals surface area contributed by atoms with E-state index in [0.717, 1.165) is 48.1 Å². The van der Waals surface area contributed by atoms with Gasteiger partial charge in [-0.3, -0.25) is 0 Å². The number of hydrogen-bond acceptors (Lipinski definition) is 7. The van der Waals surface area contributed by atoms with Crippen molar-refractivity contribution in [2.24, 2.45) is 5.10 Å². The van der Waals surface area contributed by atoms with Gasteiger partial charge in [0.05, 0.1) is 6.21 Å². The molecule has 1 aromatic carbocycles. The Kier molecular flexibility index (Phi) is 5.29. The van der Waals surface area contributed by atoms with E-state index in [1.807, 2.05) is 24.3 Å². The van der Waals surface area contributed by atoms with Crippen molar-refractivity contribution >= 4 is 40.0 Å². The van der Waals surface area contributed by atoms with Crippen LogP contribution in [0.4, 0.5) is 17.8 Å². The molecule has 2 aliphatic heterocycles. The number of hydrogen-bond donors (Lipinski definition) is 1. The van der Waals surface area contributed by atoms with E-state index in [-0.39, 0.29) is 0 Å². The lowest BCUT2D eigenvalue weighted by atomic mass is 10.2. The Morgan fingerprint density at radius 2 is 1.38 bits per heavy atom. The van der Waals surface area contributed by atoms with Crippen LogP contribution in [0.5, 0.6) is 0 Å². The van der Waals surface area contributed by atoms with Crippen molar-refractivity contribution in [3.05, 3.63) is 34.3 Å². The van der Waals surface area contributed by atoms with Crippen LogP contribution in [-0.4, -0.2) is 47.3 Å². The number of benzene rings is 1. The fourth-order valence-electron chi connectivity index (χ4n) is 3.23. The maximum atomic E-state index is 4.71. The molecule has 0 aliphatic carbocycles. The first kappa shape index (κ1) is 17.2. The lowest BCUT2D eigenvalue weighted by molar-refractivity contribution is 0.838. The second kappa shape index (κ2) is 7.99. The minimum atomic E-state index is 0.497. The highest BCUT2D eigenvalue weighted by Crippen LogP contribution is 2.22. The van der Waals surface area contributed by atoms with Crippen molar-refractivity contribution in [1.29, 1.82) is 0 Å². The smallest absolute Gasteiger partial charge is 0.250 e. The molecule has 2 aromatic rings. The molecule has 0 saturated carbocycles. The van der Waals surface area contributed by atoms with Gasteiger partial charge in [0.2, 0.25) is 17.8 Å². The topological polar surface area (TPSA) is 69.5 Å². The first-order chi connectivity index (χ1) is 12.8. The first-order valence-corrected chi connectivity index (χ1v) is 9.88. The Balaban J connectivity index is 1.54. The Morgan fingerprint density at radius 1 is 0.846 bits per heavy atom. The normalized spacial score (nSPS) is 17.4. The van der Waals surface area contributed by atoms with Crippen LogP contribution in [-0.2, 0) is 0 Å². The third-order valence-corrected chi connectivity index (χ3v) is 5.17. The summed E-state index contributed by atoms with van der Waals surface area (Å²) in [6.07, 6.45) is 6.52. The summed E-state index contributed by atoms with van der Waals surface area (Å²) in [5.74, 6) is 2.00. The van der Waals surface area contributed by atoms with E-state index in [2.05, 4.69) is 46.2 Å². The Hall–Kier alpha value is -2.22. The fourth-order valence-corrected chi connectivity index (χ4v) is 3.50. The second-order valence-electron chi connectivity index (χ2n) is 6.57. The maximum absolute atomic E-state index is 4.71. The molecule has 2 saturated heterocycles. The molecule has 26 heavy (non-hydrogen) atoms. The van der Waals surface area contributed by atoms with E-state index in [1.54, 1.807) is 6.21 Å². The molecule has 0 amide bonds. The summed E-state index contributed by atoms with van der Waals surface area (Å²) in [6, 6.07) is 7.96. The number of rotatable bonds is 5. The SMILES string of the molecule is Brc1ccc(/C=N/Nc2nc(N3CCCC3)nc(N3CCCC3)n2)cc1. The predicted octanol–water partition coefficient (Wildman–Crippen LogP) is 3.28. The number of halogens is 1. The highest BCUT2D eigenvalue weighted by molar-refractivity contribution is 9.10. The minimum Gasteiger partial charge on any atom is -0.341 e. The average Bonchev–Trinajstić information content (AvgIpc) is 3.37. The molecule has 3 heterocycles. The maximum Gasteiger partial charge on any atom is 0.250 e. The van der Waals surface area contributed by atoms with Crippen molar-refractivity contribution in [3.63, 3.8) is 0 Å². The van der Waals surface area contributed by atoms with Crippen LogP contribution < -0.4 is 15.2 Å². The van der Waals surface area contributed by atoms with Crippen LogP contribution in [0.15, 0.2) is 33.8 Å². The van der Waals surface area contributed by atoms with Crippen LogP contribution in [0, 0.1) is 0 Å². The molecular weight excluding hydrogens is 394 g/mol. The molecule has 0 radical (unpaired) electrons. The highest BCUT2D eigenvalue weighted by Gasteiger charge is 2.21. The first-order valence-electron chi connectivity index (χ1n) is 9.08. The van der Waals surface area contributed by atoms with Crippen LogP contribution in [0.3, 0.4) is 0 Å². The third kappa shape index (κ3) is 4.12. The van der Waals surface area contributed by atoms with E-state index < -0.39 is 0 Å². The van der Waals surface area contributed by atoms with Gasteiger partial charge in [0.15, 0.2) is 0 Å². The van der Waals surface area contributed by atoms with Crippen molar-refractivity contribution in [3.8, 4) is 0 Å². The molecule has 1 N–H and O–H groups in total. The molecule has 8 heteroatoms. The third-order valence-electron chi connectivity index (χ3n) is 4.64. The number of anilines is 3. The average molecular weight is 416 g/mol. The van der Waals surface area contributed by atoms with Gasteiger partial charge in [-0.15, -0.1) is 0 Å². The summed E-state index contributed by atoms with van der Waals surface area (Å²) < 4.78 is 1.05. The molecule has 0 atom stereocenters. The summed E-state index contributed by atoms with van der Waals surface area (Å²) in [6.45, 7) is 4.02. The molecule has 4 rings (SSSR count).